The van der Waals surface area contributed by atoms with Gasteiger partial charge in [-0.05, 0) is 30.5 Å². The van der Waals surface area contributed by atoms with Crippen molar-refractivity contribution in [3.05, 3.63) is 29.8 Å². The van der Waals surface area contributed by atoms with Crippen molar-refractivity contribution in [2.45, 2.75) is 58.1 Å². The van der Waals surface area contributed by atoms with Crippen molar-refractivity contribution in [1.82, 2.24) is 10.6 Å². The minimum atomic E-state index is -0.0683. The van der Waals surface area contributed by atoms with Crippen LogP contribution in [0.15, 0.2) is 29.3 Å². The molecular formula is C20H32N4O2. The van der Waals surface area contributed by atoms with Crippen LogP contribution < -0.4 is 16.0 Å². The summed E-state index contributed by atoms with van der Waals surface area (Å²) in [4.78, 5) is 15.4. The fraction of sp³-hybridized carbons (Fsp3) is 0.600. The molecule has 1 aliphatic carbocycles. The first-order valence-electron chi connectivity index (χ1n) is 9.60. The van der Waals surface area contributed by atoms with Crippen molar-refractivity contribution in [3.63, 3.8) is 0 Å². The van der Waals surface area contributed by atoms with E-state index in [9.17, 15) is 4.79 Å². The lowest BCUT2D eigenvalue weighted by Crippen LogP contribution is -2.38. The molecule has 1 aromatic carbocycles. The molecule has 0 aromatic heterocycles. The molecule has 0 heterocycles. The van der Waals surface area contributed by atoms with E-state index < -0.39 is 0 Å². The van der Waals surface area contributed by atoms with Gasteiger partial charge in [-0.2, -0.15) is 0 Å². The van der Waals surface area contributed by atoms with Gasteiger partial charge in [-0.3, -0.25) is 9.79 Å². The first-order valence-corrected chi connectivity index (χ1v) is 9.60. The summed E-state index contributed by atoms with van der Waals surface area (Å²) >= 11 is 0. The Bertz CT molecular complexity index is 581. The fourth-order valence-electron chi connectivity index (χ4n) is 3.17. The van der Waals surface area contributed by atoms with Crippen LogP contribution in [0.1, 0.15) is 51.0 Å². The molecule has 0 unspecified atom stereocenters. The van der Waals surface area contributed by atoms with Gasteiger partial charge in [-0.25, -0.2) is 0 Å². The predicted molar refractivity (Wildman–Crippen MR) is 106 cm³/mol. The maximum atomic E-state index is 11.1. The van der Waals surface area contributed by atoms with Crippen LogP contribution in [0.25, 0.3) is 0 Å². The summed E-state index contributed by atoms with van der Waals surface area (Å²) in [6, 6.07) is 7.78. The molecule has 0 bridgehead atoms. The second-order valence-electron chi connectivity index (χ2n) is 6.72. The molecule has 0 aliphatic heterocycles. The smallest absolute Gasteiger partial charge is 0.221 e. The van der Waals surface area contributed by atoms with Gasteiger partial charge < -0.3 is 20.7 Å². The summed E-state index contributed by atoms with van der Waals surface area (Å²) in [5.74, 6) is 0.681. The number of guanidine groups is 1. The van der Waals surface area contributed by atoms with Crippen LogP contribution in [-0.2, 0) is 16.1 Å². The van der Waals surface area contributed by atoms with Crippen molar-refractivity contribution in [3.8, 4) is 0 Å². The Hall–Kier alpha value is -2.08. The SMILES string of the molecule is CN=C(NCCOC1CCCCCC1)NCc1cccc(NC(C)=O)c1. The number of benzene rings is 1. The van der Waals surface area contributed by atoms with E-state index in [2.05, 4.69) is 20.9 Å². The highest BCUT2D eigenvalue weighted by Gasteiger charge is 2.12. The lowest BCUT2D eigenvalue weighted by molar-refractivity contribution is -0.114. The number of hydrogen-bond acceptors (Lipinski definition) is 3. The molecule has 1 aliphatic rings. The molecule has 1 fully saturated rings. The minimum absolute atomic E-state index is 0.0683. The average molecular weight is 361 g/mol. The quantitative estimate of drug-likeness (QED) is 0.302. The van der Waals surface area contributed by atoms with Crippen LogP contribution in [-0.4, -0.2) is 38.2 Å². The third-order valence-electron chi connectivity index (χ3n) is 4.48. The fourth-order valence-corrected chi connectivity index (χ4v) is 3.17. The van der Waals surface area contributed by atoms with E-state index in [1.54, 1.807) is 7.05 Å². The van der Waals surface area contributed by atoms with E-state index in [-0.39, 0.29) is 5.91 Å². The molecule has 0 saturated heterocycles. The van der Waals surface area contributed by atoms with Gasteiger partial charge in [-0.15, -0.1) is 0 Å². The number of carbonyl (C=O) groups excluding carboxylic acids is 1. The zero-order valence-corrected chi connectivity index (χ0v) is 16.0. The van der Waals surface area contributed by atoms with Gasteiger partial charge in [0.1, 0.15) is 0 Å². The summed E-state index contributed by atoms with van der Waals surface area (Å²) in [6.07, 6.45) is 8.08. The summed E-state index contributed by atoms with van der Waals surface area (Å²) in [5.41, 5.74) is 1.88. The first-order chi connectivity index (χ1) is 12.7. The third-order valence-corrected chi connectivity index (χ3v) is 4.48. The molecule has 144 valence electrons. The molecular weight excluding hydrogens is 328 g/mol. The number of aliphatic imine (C=N–C) groups is 1. The van der Waals surface area contributed by atoms with Crippen LogP contribution in [0.4, 0.5) is 5.69 Å². The van der Waals surface area contributed by atoms with Gasteiger partial charge in [0.05, 0.1) is 12.7 Å². The number of amides is 1. The summed E-state index contributed by atoms with van der Waals surface area (Å²) in [6.45, 7) is 3.58. The van der Waals surface area contributed by atoms with E-state index >= 15 is 0 Å². The first kappa shape index (κ1) is 20.2. The zero-order chi connectivity index (χ0) is 18.6. The number of anilines is 1. The summed E-state index contributed by atoms with van der Waals surface area (Å²) in [7, 11) is 1.76. The molecule has 6 heteroatoms. The molecule has 0 atom stereocenters. The Labute approximate surface area is 156 Å². The van der Waals surface area contributed by atoms with E-state index in [1.165, 1.54) is 45.4 Å². The number of nitrogens with zero attached hydrogens (tertiary/aromatic N) is 1. The molecule has 1 aromatic rings. The number of carbonyl (C=O) groups is 1. The lowest BCUT2D eigenvalue weighted by atomic mass is 10.1. The Morgan fingerprint density at radius 2 is 1.96 bits per heavy atom. The topological polar surface area (TPSA) is 74.8 Å². The van der Waals surface area contributed by atoms with Gasteiger partial charge in [0.25, 0.3) is 0 Å². The monoisotopic (exact) mass is 360 g/mol. The van der Waals surface area contributed by atoms with Gasteiger partial charge in [-0.1, -0.05) is 37.8 Å². The van der Waals surface area contributed by atoms with Gasteiger partial charge in [0.2, 0.25) is 5.91 Å². The second-order valence-corrected chi connectivity index (χ2v) is 6.72. The highest BCUT2D eigenvalue weighted by molar-refractivity contribution is 5.88. The molecule has 0 spiro atoms. The van der Waals surface area contributed by atoms with Gasteiger partial charge >= 0.3 is 0 Å². The standard InChI is InChI=1S/C20H32N4O2/c1-16(25)24-18-9-7-8-17(14-18)15-23-20(21-2)22-12-13-26-19-10-5-3-4-6-11-19/h7-9,14,19H,3-6,10-13,15H2,1-2H3,(H,24,25)(H2,21,22,23). The van der Waals surface area contributed by atoms with Crippen LogP contribution >= 0.6 is 0 Å². The number of ether oxygens (including phenoxy) is 1. The van der Waals surface area contributed by atoms with E-state index in [4.69, 9.17) is 4.74 Å². The second kappa shape index (κ2) is 11.5. The highest BCUT2D eigenvalue weighted by atomic mass is 16.5. The van der Waals surface area contributed by atoms with Crippen molar-refractivity contribution in [1.29, 1.82) is 0 Å². The third kappa shape index (κ3) is 7.87. The molecule has 2 rings (SSSR count). The zero-order valence-electron chi connectivity index (χ0n) is 16.0. The Kier molecular flexibility index (Phi) is 8.96. The largest absolute Gasteiger partial charge is 0.376 e. The molecule has 1 amide bonds. The van der Waals surface area contributed by atoms with Crippen LogP contribution in [0, 0.1) is 0 Å². The average Bonchev–Trinajstić information content (AvgIpc) is 2.90. The molecule has 0 radical (unpaired) electrons. The van der Waals surface area contributed by atoms with Crippen molar-refractivity contribution >= 4 is 17.6 Å². The molecule has 26 heavy (non-hydrogen) atoms. The normalized spacial score (nSPS) is 16.0. The van der Waals surface area contributed by atoms with Crippen LogP contribution in [0.2, 0.25) is 0 Å². The molecule has 3 N–H and O–H groups in total. The Balaban J connectivity index is 1.68. The van der Waals surface area contributed by atoms with Gasteiger partial charge in [0, 0.05) is 32.7 Å². The van der Waals surface area contributed by atoms with Crippen LogP contribution in [0.5, 0.6) is 0 Å². The summed E-state index contributed by atoms with van der Waals surface area (Å²) < 4.78 is 5.99. The lowest BCUT2D eigenvalue weighted by Gasteiger charge is -2.17. The van der Waals surface area contributed by atoms with Gasteiger partial charge in [0.15, 0.2) is 5.96 Å². The summed E-state index contributed by atoms with van der Waals surface area (Å²) in [5, 5.41) is 9.37. The van der Waals surface area contributed by atoms with Crippen LogP contribution in [0.3, 0.4) is 0 Å². The van der Waals surface area contributed by atoms with E-state index in [0.717, 1.165) is 23.8 Å². The molecule has 1 saturated carbocycles. The number of rotatable bonds is 7. The Morgan fingerprint density at radius 3 is 2.65 bits per heavy atom. The van der Waals surface area contributed by atoms with Crippen molar-refractivity contribution in [2.75, 3.05) is 25.5 Å². The van der Waals surface area contributed by atoms with E-state index in [0.29, 0.717) is 19.3 Å². The maximum Gasteiger partial charge on any atom is 0.221 e. The number of nitrogens with one attached hydrogen (secondary N) is 3. The minimum Gasteiger partial charge on any atom is -0.376 e. The maximum absolute atomic E-state index is 11.1. The number of hydrogen-bond donors (Lipinski definition) is 3. The molecule has 6 nitrogen and oxygen atoms in total. The predicted octanol–water partition coefficient (Wildman–Crippen LogP) is 3.05. The van der Waals surface area contributed by atoms with E-state index in [1.807, 2.05) is 24.3 Å². The van der Waals surface area contributed by atoms with Crippen molar-refractivity contribution < 1.29 is 9.53 Å². The van der Waals surface area contributed by atoms with Crippen molar-refractivity contribution in [2.24, 2.45) is 4.99 Å². The Morgan fingerprint density at radius 1 is 1.19 bits per heavy atom. The highest BCUT2D eigenvalue weighted by Crippen LogP contribution is 2.19.